The molecule has 0 N–H and O–H groups in total. The molecule has 0 saturated carbocycles. The fourth-order valence-corrected chi connectivity index (χ4v) is 5.65. The summed E-state index contributed by atoms with van der Waals surface area (Å²) in [5, 5.41) is 5.77. The Labute approximate surface area is 190 Å². The molecule has 1 fully saturated rings. The van der Waals surface area contributed by atoms with Gasteiger partial charge in [0.25, 0.3) is 0 Å². The lowest BCUT2D eigenvalue weighted by atomic mass is 9.97. The Bertz CT molecular complexity index is 1240. The highest BCUT2D eigenvalue weighted by Crippen LogP contribution is 2.34. The number of aromatic nitrogens is 4. The van der Waals surface area contributed by atoms with Crippen LogP contribution >= 0.6 is 34.3 Å². The number of halogens is 1. The van der Waals surface area contributed by atoms with Crippen molar-refractivity contribution in [3.05, 3.63) is 43.8 Å². The van der Waals surface area contributed by atoms with Crippen LogP contribution in [0.25, 0.3) is 0 Å². The zero-order valence-corrected chi connectivity index (χ0v) is 19.5. The van der Waals surface area contributed by atoms with Crippen LogP contribution in [0, 0.1) is 5.92 Å². The normalized spacial score (nSPS) is 19.2. The highest BCUT2D eigenvalue weighted by molar-refractivity contribution is 7.88. The molecule has 31 heavy (non-hydrogen) atoms. The maximum absolute atomic E-state index is 12.9. The molecule has 10 nitrogen and oxygen atoms in total. The molecule has 4 heterocycles. The second kappa shape index (κ2) is 8.30. The summed E-state index contributed by atoms with van der Waals surface area (Å²) in [4.78, 5) is 34.7. The van der Waals surface area contributed by atoms with E-state index in [9.17, 15) is 18.0 Å². The summed E-state index contributed by atoms with van der Waals surface area (Å²) in [7, 11) is -3.72. The highest BCUT2D eigenvalue weighted by Gasteiger charge is 2.45. The second-order valence-corrected chi connectivity index (χ2v) is 11.4. The minimum Gasteiger partial charge on any atom is -0.458 e. The highest BCUT2D eigenvalue weighted by atomic mass is 35.5. The lowest BCUT2D eigenvalue weighted by Gasteiger charge is -2.12. The van der Waals surface area contributed by atoms with E-state index in [4.69, 9.17) is 16.3 Å². The Morgan fingerprint density at radius 3 is 2.74 bits per heavy atom. The Hall–Kier alpha value is -2.35. The van der Waals surface area contributed by atoms with Crippen LogP contribution in [0.5, 0.6) is 6.01 Å². The summed E-state index contributed by atoms with van der Waals surface area (Å²) in [5.74, 6) is -2.48. The number of rotatable bonds is 6. The van der Waals surface area contributed by atoms with Crippen molar-refractivity contribution in [1.29, 1.82) is 0 Å². The maximum Gasteiger partial charge on any atom is 0.323 e. The van der Waals surface area contributed by atoms with Crippen molar-refractivity contribution in [1.82, 2.24) is 24.1 Å². The van der Waals surface area contributed by atoms with Crippen molar-refractivity contribution in [2.24, 2.45) is 5.92 Å². The van der Waals surface area contributed by atoms with Crippen LogP contribution in [-0.4, -0.2) is 57.1 Å². The molecule has 0 radical (unpaired) electrons. The smallest absolute Gasteiger partial charge is 0.323 e. The molecule has 3 aromatic heterocycles. The number of hydrogen-bond acceptors (Lipinski definition) is 10. The molecular weight excluding hydrogens is 486 g/mol. The van der Waals surface area contributed by atoms with E-state index in [-0.39, 0.29) is 36.6 Å². The van der Waals surface area contributed by atoms with Gasteiger partial charge >= 0.3 is 11.9 Å². The van der Waals surface area contributed by atoms with Gasteiger partial charge in [0, 0.05) is 16.8 Å². The summed E-state index contributed by atoms with van der Waals surface area (Å²) < 4.78 is 31.9. The van der Waals surface area contributed by atoms with Crippen LogP contribution < -0.4 is 4.74 Å². The van der Waals surface area contributed by atoms with E-state index in [0.717, 1.165) is 20.1 Å². The summed E-state index contributed by atoms with van der Waals surface area (Å²) in [5.41, 5.74) is 1.65. The van der Waals surface area contributed by atoms with Gasteiger partial charge in [-0.1, -0.05) is 18.5 Å². The summed E-state index contributed by atoms with van der Waals surface area (Å²) in [6.45, 7) is 1.83. The van der Waals surface area contributed by atoms with E-state index < -0.39 is 27.8 Å². The minimum atomic E-state index is -3.72. The molecule has 164 valence electrons. The van der Waals surface area contributed by atoms with Crippen molar-refractivity contribution in [2.75, 3.05) is 12.8 Å². The lowest BCUT2D eigenvalue weighted by molar-refractivity contribution is -0.125. The first-order chi connectivity index (χ1) is 14.6. The van der Waals surface area contributed by atoms with E-state index in [0.29, 0.717) is 4.34 Å². The van der Waals surface area contributed by atoms with Gasteiger partial charge in [-0.25, -0.2) is 17.7 Å². The van der Waals surface area contributed by atoms with Gasteiger partial charge in [0.05, 0.1) is 16.1 Å². The van der Waals surface area contributed by atoms with Crippen molar-refractivity contribution < 1.29 is 22.7 Å². The van der Waals surface area contributed by atoms with Gasteiger partial charge in [-0.3, -0.25) is 9.59 Å². The standard InChI is InChI=1S/C17H16ClN5O5S3/c1-9-5-22(31(2,26)27)16(25)13(9)14-20-17(28-6-10-3-4-12(18)30-10)23(21-14)15(24)11-7-29-8-19-11/h3-4,7-9,13H,5-6H2,1-2H3. The quantitative estimate of drug-likeness (QED) is 0.503. The van der Waals surface area contributed by atoms with Crippen LogP contribution in [0.2, 0.25) is 4.34 Å². The number of ether oxygens (including phenoxy) is 1. The molecule has 0 spiro atoms. The minimum absolute atomic E-state index is 0.0147. The number of thiazole rings is 1. The Morgan fingerprint density at radius 2 is 2.16 bits per heavy atom. The Morgan fingerprint density at radius 1 is 1.39 bits per heavy atom. The van der Waals surface area contributed by atoms with E-state index in [1.165, 1.54) is 28.2 Å². The van der Waals surface area contributed by atoms with Gasteiger partial charge in [-0.15, -0.1) is 32.5 Å². The first-order valence-corrected chi connectivity index (χ1v) is 12.9. The maximum atomic E-state index is 12.9. The summed E-state index contributed by atoms with van der Waals surface area (Å²) in [6, 6.07) is 3.39. The van der Waals surface area contributed by atoms with Crippen molar-refractivity contribution >= 4 is 56.1 Å². The van der Waals surface area contributed by atoms with E-state index in [1.54, 1.807) is 24.4 Å². The number of nitrogens with zero attached hydrogens (tertiary/aromatic N) is 5. The number of hydrogen-bond donors (Lipinski definition) is 0. The van der Waals surface area contributed by atoms with Crippen LogP contribution in [0.3, 0.4) is 0 Å². The number of sulfonamides is 1. The SMILES string of the molecule is CC1CN(S(C)(=O)=O)C(=O)C1c1nc(OCc2ccc(Cl)s2)n(C(=O)c2cscn2)n1. The largest absolute Gasteiger partial charge is 0.458 e. The Balaban J connectivity index is 1.69. The average Bonchev–Trinajstić information content (AvgIpc) is 3.46. The van der Waals surface area contributed by atoms with E-state index in [1.807, 2.05) is 0 Å². The van der Waals surface area contributed by atoms with Gasteiger partial charge in [-0.05, 0) is 18.1 Å². The zero-order valence-electron chi connectivity index (χ0n) is 16.3. The zero-order chi connectivity index (χ0) is 22.3. The summed E-state index contributed by atoms with van der Waals surface area (Å²) >= 11 is 8.50. The monoisotopic (exact) mass is 501 g/mol. The van der Waals surface area contributed by atoms with E-state index >= 15 is 0 Å². The van der Waals surface area contributed by atoms with Crippen molar-refractivity contribution in [3.63, 3.8) is 0 Å². The number of carbonyl (C=O) groups excluding carboxylic acids is 2. The molecule has 3 aromatic rings. The van der Waals surface area contributed by atoms with Gasteiger partial charge < -0.3 is 4.74 Å². The topological polar surface area (TPSA) is 124 Å². The molecule has 0 aliphatic carbocycles. The third-order valence-electron chi connectivity index (χ3n) is 4.62. The van der Waals surface area contributed by atoms with Gasteiger partial charge in [0.1, 0.15) is 18.2 Å². The van der Waals surface area contributed by atoms with Crippen molar-refractivity contribution in [2.45, 2.75) is 19.4 Å². The molecule has 1 aliphatic heterocycles. The van der Waals surface area contributed by atoms with Gasteiger partial charge in [-0.2, -0.15) is 4.98 Å². The third-order valence-corrected chi connectivity index (χ3v) is 7.54. The van der Waals surface area contributed by atoms with Crippen LogP contribution in [0.1, 0.15) is 34.0 Å². The van der Waals surface area contributed by atoms with Crippen LogP contribution in [-0.2, 0) is 21.4 Å². The predicted molar refractivity (Wildman–Crippen MR) is 114 cm³/mol. The molecule has 0 aromatic carbocycles. The predicted octanol–water partition coefficient (Wildman–Crippen LogP) is 2.24. The molecule has 4 rings (SSSR count). The first kappa shape index (κ1) is 21.9. The first-order valence-electron chi connectivity index (χ1n) is 8.93. The average molecular weight is 502 g/mol. The molecule has 2 unspecified atom stereocenters. The fourth-order valence-electron chi connectivity index (χ4n) is 3.18. The summed E-state index contributed by atoms with van der Waals surface area (Å²) in [6.07, 6.45) is 0.971. The van der Waals surface area contributed by atoms with Gasteiger partial charge in [0.15, 0.2) is 5.82 Å². The molecule has 1 saturated heterocycles. The molecule has 1 amide bonds. The van der Waals surface area contributed by atoms with Crippen molar-refractivity contribution in [3.8, 4) is 6.01 Å². The van der Waals surface area contributed by atoms with Gasteiger partial charge in [0.2, 0.25) is 15.9 Å². The molecule has 14 heteroatoms. The number of amides is 1. The second-order valence-electron chi connectivity index (χ2n) is 6.92. The van der Waals surface area contributed by atoms with Crippen LogP contribution in [0.15, 0.2) is 23.0 Å². The van der Waals surface area contributed by atoms with E-state index in [2.05, 4.69) is 15.1 Å². The molecule has 1 aliphatic rings. The fraction of sp³-hybridized carbons (Fsp3) is 0.353. The van der Waals surface area contributed by atoms with Crippen LogP contribution in [0.4, 0.5) is 0 Å². The molecular formula is C17H16ClN5O5S3. The number of thiophene rings is 1. The molecule has 0 bridgehead atoms. The lowest BCUT2D eigenvalue weighted by Crippen LogP contribution is -2.32. The third kappa shape index (κ3) is 4.35. The Kier molecular flexibility index (Phi) is 5.85. The number of carbonyl (C=O) groups is 2. The molecule has 2 atom stereocenters.